The lowest BCUT2D eigenvalue weighted by atomic mass is 10.2. The van der Waals surface area contributed by atoms with E-state index in [-0.39, 0.29) is 17.5 Å². The average molecular weight is 431 g/mol. The van der Waals surface area contributed by atoms with Gasteiger partial charge in [0.15, 0.2) is 0 Å². The van der Waals surface area contributed by atoms with Crippen molar-refractivity contribution in [2.45, 2.75) is 43.8 Å². The van der Waals surface area contributed by atoms with Gasteiger partial charge in [-0.3, -0.25) is 4.98 Å². The van der Waals surface area contributed by atoms with Crippen molar-refractivity contribution in [1.29, 1.82) is 0 Å². The monoisotopic (exact) mass is 430 g/mol. The SMILES string of the molecule is CC(C)S(=O)(=O)c1ncc(CN(C)CCc2ccccn2)n1Cc1ccccc1F. The molecular weight excluding hydrogens is 403 g/mol. The standard InChI is InChI=1S/C22H27FN4O2S/c1-17(2)30(28,29)22-25-14-20(27(22)15-18-8-4-5-10-21(18)23)16-26(3)13-11-19-9-6-7-12-24-19/h4-10,12,14,17H,11,13,15-16H2,1-3H3. The maximum absolute atomic E-state index is 14.3. The minimum atomic E-state index is -3.61. The van der Waals surface area contributed by atoms with Crippen LogP contribution >= 0.6 is 0 Å². The lowest BCUT2D eigenvalue weighted by molar-refractivity contribution is 0.319. The zero-order valence-electron chi connectivity index (χ0n) is 17.5. The molecular formula is C22H27FN4O2S. The van der Waals surface area contributed by atoms with E-state index in [1.54, 1.807) is 49.0 Å². The van der Waals surface area contributed by atoms with Crippen LogP contribution in [0.4, 0.5) is 4.39 Å². The number of benzene rings is 1. The van der Waals surface area contributed by atoms with E-state index in [1.165, 1.54) is 6.07 Å². The first-order valence-corrected chi connectivity index (χ1v) is 11.4. The van der Waals surface area contributed by atoms with Crippen molar-refractivity contribution in [3.63, 3.8) is 0 Å². The number of hydrogen-bond donors (Lipinski definition) is 0. The molecule has 2 aromatic heterocycles. The van der Waals surface area contributed by atoms with Crippen LogP contribution in [0.1, 0.15) is 30.8 Å². The summed E-state index contributed by atoms with van der Waals surface area (Å²) in [6.45, 7) is 4.58. The predicted molar refractivity (Wildman–Crippen MR) is 114 cm³/mol. The molecule has 0 radical (unpaired) electrons. The Balaban J connectivity index is 1.86. The fourth-order valence-corrected chi connectivity index (χ4v) is 4.24. The zero-order valence-corrected chi connectivity index (χ0v) is 18.3. The van der Waals surface area contributed by atoms with E-state index in [4.69, 9.17) is 0 Å². The highest BCUT2D eigenvalue weighted by molar-refractivity contribution is 7.91. The molecule has 2 heterocycles. The Morgan fingerprint density at radius 1 is 1.10 bits per heavy atom. The first-order valence-electron chi connectivity index (χ1n) is 9.89. The van der Waals surface area contributed by atoms with Gasteiger partial charge in [-0.2, -0.15) is 0 Å². The van der Waals surface area contributed by atoms with Crippen molar-refractivity contribution < 1.29 is 12.8 Å². The summed E-state index contributed by atoms with van der Waals surface area (Å²) in [7, 11) is -1.65. The van der Waals surface area contributed by atoms with Crippen molar-refractivity contribution in [2.75, 3.05) is 13.6 Å². The Morgan fingerprint density at radius 3 is 2.50 bits per heavy atom. The molecule has 0 fully saturated rings. The molecule has 0 aliphatic heterocycles. The van der Waals surface area contributed by atoms with Gasteiger partial charge < -0.3 is 9.47 Å². The van der Waals surface area contributed by atoms with Gasteiger partial charge in [0.2, 0.25) is 15.0 Å². The van der Waals surface area contributed by atoms with Gasteiger partial charge in [-0.1, -0.05) is 24.3 Å². The Hall–Kier alpha value is -2.58. The minimum Gasteiger partial charge on any atom is -0.313 e. The molecule has 0 N–H and O–H groups in total. The summed E-state index contributed by atoms with van der Waals surface area (Å²) in [5, 5.41) is -0.636. The second kappa shape index (κ2) is 9.49. The highest BCUT2D eigenvalue weighted by Gasteiger charge is 2.27. The molecule has 3 aromatic rings. The van der Waals surface area contributed by atoms with Crippen LogP contribution < -0.4 is 0 Å². The van der Waals surface area contributed by atoms with Gasteiger partial charge in [0, 0.05) is 37.0 Å². The van der Waals surface area contributed by atoms with Gasteiger partial charge in [-0.05, 0) is 39.1 Å². The minimum absolute atomic E-state index is 0.0196. The van der Waals surface area contributed by atoms with Crippen molar-refractivity contribution in [3.05, 3.63) is 77.6 Å². The molecule has 6 nitrogen and oxygen atoms in total. The number of likely N-dealkylation sites (N-methyl/N-ethyl adjacent to an activating group) is 1. The number of nitrogens with zero attached hydrogens (tertiary/aromatic N) is 4. The Morgan fingerprint density at radius 2 is 1.83 bits per heavy atom. The lowest BCUT2D eigenvalue weighted by Gasteiger charge is -2.19. The van der Waals surface area contributed by atoms with Crippen molar-refractivity contribution in [1.82, 2.24) is 19.4 Å². The molecule has 0 atom stereocenters. The Kier molecular flexibility index (Phi) is 6.99. The van der Waals surface area contributed by atoms with E-state index in [0.29, 0.717) is 12.1 Å². The van der Waals surface area contributed by atoms with E-state index in [2.05, 4.69) is 14.9 Å². The van der Waals surface area contributed by atoms with Crippen LogP contribution in [0, 0.1) is 5.82 Å². The summed E-state index contributed by atoms with van der Waals surface area (Å²) >= 11 is 0. The maximum Gasteiger partial charge on any atom is 0.228 e. The highest BCUT2D eigenvalue weighted by atomic mass is 32.2. The molecule has 0 spiro atoms. The predicted octanol–water partition coefficient (Wildman–Crippen LogP) is 3.32. The largest absolute Gasteiger partial charge is 0.313 e. The smallest absolute Gasteiger partial charge is 0.228 e. The quantitative estimate of drug-likeness (QED) is 0.521. The second-order valence-corrected chi connectivity index (χ2v) is 10.0. The fraction of sp³-hybridized carbons (Fsp3) is 0.364. The van der Waals surface area contributed by atoms with Gasteiger partial charge in [0.05, 0.1) is 23.7 Å². The molecule has 0 unspecified atom stereocenters. The summed E-state index contributed by atoms with van der Waals surface area (Å²) in [6, 6.07) is 12.2. The molecule has 0 bridgehead atoms. The van der Waals surface area contributed by atoms with Crippen LogP contribution in [-0.4, -0.2) is 46.7 Å². The molecule has 8 heteroatoms. The molecule has 3 rings (SSSR count). The number of rotatable bonds is 9. The lowest BCUT2D eigenvalue weighted by Crippen LogP contribution is -2.25. The number of halogens is 1. The topological polar surface area (TPSA) is 68.1 Å². The summed E-state index contributed by atoms with van der Waals surface area (Å²) < 4.78 is 41.6. The maximum atomic E-state index is 14.3. The first kappa shape index (κ1) is 22.1. The van der Waals surface area contributed by atoms with E-state index in [1.807, 2.05) is 25.2 Å². The summed E-state index contributed by atoms with van der Waals surface area (Å²) in [5.74, 6) is -0.367. The molecule has 0 saturated heterocycles. The summed E-state index contributed by atoms with van der Waals surface area (Å²) in [5.41, 5.74) is 2.14. The second-order valence-electron chi connectivity index (χ2n) is 7.61. The van der Waals surface area contributed by atoms with E-state index in [0.717, 1.165) is 24.4 Å². The summed E-state index contributed by atoms with van der Waals surface area (Å²) in [4.78, 5) is 10.6. The molecule has 0 aliphatic rings. The average Bonchev–Trinajstić information content (AvgIpc) is 3.11. The molecule has 0 saturated carbocycles. The zero-order chi connectivity index (χ0) is 21.7. The van der Waals surface area contributed by atoms with Gasteiger partial charge in [0.1, 0.15) is 5.82 Å². The summed E-state index contributed by atoms with van der Waals surface area (Å²) in [6.07, 6.45) is 4.12. The van der Waals surface area contributed by atoms with E-state index in [9.17, 15) is 12.8 Å². The van der Waals surface area contributed by atoms with Gasteiger partial charge in [0.25, 0.3) is 0 Å². The third-order valence-corrected chi connectivity index (χ3v) is 7.05. The normalized spacial score (nSPS) is 12.1. The number of aromatic nitrogens is 3. The number of imidazole rings is 1. The van der Waals surface area contributed by atoms with Crippen LogP contribution in [0.5, 0.6) is 0 Å². The molecule has 1 aromatic carbocycles. The first-order chi connectivity index (χ1) is 14.3. The third kappa shape index (κ3) is 5.12. The fourth-order valence-electron chi connectivity index (χ4n) is 3.13. The Bertz CT molecular complexity index is 1080. The number of hydrogen-bond acceptors (Lipinski definition) is 5. The molecule has 0 amide bonds. The van der Waals surface area contributed by atoms with Crippen LogP contribution in [-0.2, 0) is 29.3 Å². The number of sulfone groups is 1. The van der Waals surface area contributed by atoms with Gasteiger partial charge in [-0.15, -0.1) is 0 Å². The molecule has 160 valence electrons. The van der Waals surface area contributed by atoms with Crippen molar-refractivity contribution in [2.24, 2.45) is 0 Å². The van der Waals surface area contributed by atoms with Crippen molar-refractivity contribution in [3.8, 4) is 0 Å². The van der Waals surface area contributed by atoms with Crippen LogP contribution in [0.2, 0.25) is 0 Å². The van der Waals surface area contributed by atoms with Crippen LogP contribution in [0.15, 0.2) is 60.0 Å². The van der Waals surface area contributed by atoms with Crippen molar-refractivity contribution >= 4 is 9.84 Å². The van der Waals surface area contributed by atoms with Crippen LogP contribution in [0.3, 0.4) is 0 Å². The van der Waals surface area contributed by atoms with E-state index < -0.39 is 15.1 Å². The van der Waals surface area contributed by atoms with Gasteiger partial charge in [-0.25, -0.2) is 17.8 Å². The van der Waals surface area contributed by atoms with Crippen LogP contribution in [0.25, 0.3) is 0 Å². The Labute approximate surface area is 177 Å². The van der Waals surface area contributed by atoms with E-state index >= 15 is 0 Å². The highest BCUT2D eigenvalue weighted by Crippen LogP contribution is 2.21. The third-order valence-electron chi connectivity index (χ3n) is 4.97. The number of pyridine rings is 1. The van der Waals surface area contributed by atoms with Gasteiger partial charge >= 0.3 is 0 Å². The molecule has 30 heavy (non-hydrogen) atoms. The molecule has 0 aliphatic carbocycles.